The van der Waals surface area contributed by atoms with E-state index in [1.54, 1.807) is 25.1 Å². The van der Waals surface area contributed by atoms with Gasteiger partial charge < -0.3 is 19.5 Å². The van der Waals surface area contributed by atoms with Crippen LogP contribution in [0.15, 0.2) is 24.3 Å². The van der Waals surface area contributed by atoms with Gasteiger partial charge in [0, 0.05) is 16.6 Å². The first-order valence-electron chi connectivity index (χ1n) is 8.63. The van der Waals surface area contributed by atoms with E-state index in [4.69, 9.17) is 14.2 Å². The van der Waals surface area contributed by atoms with Gasteiger partial charge in [0.2, 0.25) is 6.79 Å². The highest BCUT2D eigenvalue weighted by Crippen LogP contribution is 2.34. The van der Waals surface area contributed by atoms with Crippen LogP contribution in [-0.2, 0) is 22.4 Å². The molecule has 4 rings (SSSR count). The fraction of sp³-hybridized carbons (Fsp3) is 0.368. The van der Waals surface area contributed by atoms with Crippen molar-refractivity contribution in [3.63, 3.8) is 0 Å². The highest BCUT2D eigenvalue weighted by molar-refractivity contribution is 7.14. The summed E-state index contributed by atoms with van der Waals surface area (Å²) in [6.07, 6.45) is 3.46. The van der Waals surface area contributed by atoms with Crippen LogP contribution in [0.5, 0.6) is 11.5 Å². The number of hydrogen-bond acceptors (Lipinski definition) is 6. The average molecular weight is 373 g/mol. The molecule has 1 aromatic heterocycles. The lowest BCUT2D eigenvalue weighted by Crippen LogP contribution is -2.29. The minimum absolute atomic E-state index is 0.172. The molecule has 2 aliphatic rings. The van der Waals surface area contributed by atoms with Gasteiger partial charge in [-0.25, -0.2) is 4.79 Å². The van der Waals surface area contributed by atoms with Crippen molar-refractivity contribution < 1.29 is 23.8 Å². The van der Waals surface area contributed by atoms with Crippen LogP contribution in [0.4, 0.5) is 5.69 Å². The molecule has 7 heteroatoms. The maximum Gasteiger partial charge on any atom is 0.349 e. The zero-order chi connectivity index (χ0) is 18.1. The van der Waals surface area contributed by atoms with Crippen LogP contribution in [0.2, 0.25) is 0 Å². The summed E-state index contributed by atoms with van der Waals surface area (Å²) in [5.74, 6) is 0.386. The van der Waals surface area contributed by atoms with Gasteiger partial charge in [0.15, 0.2) is 17.6 Å². The van der Waals surface area contributed by atoms with Crippen LogP contribution in [0, 0.1) is 0 Å². The highest BCUT2D eigenvalue weighted by atomic mass is 32.1. The molecule has 1 N–H and O–H groups in total. The van der Waals surface area contributed by atoms with Crippen LogP contribution >= 0.6 is 11.3 Å². The molecule has 1 aliphatic carbocycles. The van der Waals surface area contributed by atoms with Gasteiger partial charge in [0.25, 0.3) is 5.91 Å². The standard InChI is InChI=1S/C19H19NO5S/c1-11(18(21)20-13-6-7-14-15(9-13)24-10-23-14)25-19(22)17-8-12-4-2-3-5-16(12)26-17/h6-9,11H,2-5,10H2,1H3,(H,20,21). The minimum Gasteiger partial charge on any atom is -0.454 e. The van der Waals surface area contributed by atoms with Crippen molar-refractivity contribution in [3.8, 4) is 11.5 Å². The average Bonchev–Trinajstić information content (AvgIpc) is 3.27. The van der Waals surface area contributed by atoms with Gasteiger partial charge in [-0.2, -0.15) is 0 Å². The van der Waals surface area contributed by atoms with E-state index in [9.17, 15) is 9.59 Å². The summed E-state index contributed by atoms with van der Waals surface area (Å²) in [5, 5.41) is 2.73. The molecule has 136 valence electrons. The zero-order valence-electron chi connectivity index (χ0n) is 14.4. The Kier molecular flexibility index (Phi) is 4.55. The van der Waals surface area contributed by atoms with Gasteiger partial charge >= 0.3 is 5.97 Å². The van der Waals surface area contributed by atoms with Crippen molar-refractivity contribution in [2.24, 2.45) is 0 Å². The number of carbonyl (C=O) groups excluding carboxylic acids is 2. The number of esters is 1. The van der Waals surface area contributed by atoms with Crippen LogP contribution in [0.25, 0.3) is 0 Å². The van der Waals surface area contributed by atoms with Crippen molar-refractivity contribution in [3.05, 3.63) is 39.6 Å². The van der Waals surface area contributed by atoms with Gasteiger partial charge in [-0.05, 0) is 56.4 Å². The number of hydrogen-bond donors (Lipinski definition) is 1. The molecule has 0 saturated carbocycles. The largest absolute Gasteiger partial charge is 0.454 e. The Morgan fingerprint density at radius 1 is 1.15 bits per heavy atom. The number of thiophene rings is 1. The lowest BCUT2D eigenvalue weighted by Gasteiger charge is -2.13. The summed E-state index contributed by atoms with van der Waals surface area (Å²) in [4.78, 5) is 26.5. The quantitative estimate of drug-likeness (QED) is 0.830. The van der Waals surface area contributed by atoms with E-state index in [2.05, 4.69) is 5.32 Å². The van der Waals surface area contributed by atoms with Crippen molar-refractivity contribution in [2.75, 3.05) is 12.1 Å². The number of aryl methyl sites for hydroxylation is 2. The summed E-state index contributed by atoms with van der Waals surface area (Å²) in [6.45, 7) is 1.74. The molecule has 1 atom stereocenters. The van der Waals surface area contributed by atoms with E-state index in [0.29, 0.717) is 22.1 Å². The minimum atomic E-state index is -0.896. The van der Waals surface area contributed by atoms with Gasteiger partial charge in [0.05, 0.1) is 0 Å². The Balaban J connectivity index is 1.37. The third-order valence-corrected chi connectivity index (χ3v) is 5.71. The molecule has 1 amide bonds. The lowest BCUT2D eigenvalue weighted by molar-refractivity contribution is -0.123. The number of ether oxygens (including phenoxy) is 3. The van der Waals surface area contributed by atoms with Crippen LogP contribution in [0.3, 0.4) is 0 Å². The monoisotopic (exact) mass is 373 g/mol. The van der Waals surface area contributed by atoms with Crippen LogP contribution in [-0.4, -0.2) is 24.8 Å². The van der Waals surface area contributed by atoms with Crippen LogP contribution in [0.1, 0.15) is 39.9 Å². The number of carbonyl (C=O) groups is 2. The Morgan fingerprint density at radius 2 is 1.96 bits per heavy atom. The first-order valence-corrected chi connectivity index (χ1v) is 9.45. The SMILES string of the molecule is CC(OC(=O)c1cc2c(s1)CCCC2)C(=O)Nc1ccc2c(c1)OCO2. The molecule has 6 nitrogen and oxygen atoms in total. The smallest absolute Gasteiger partial charge is 0.349 e. The first-order chi connectivity index (χ1) is 12.6. The predicted molar refractivity (Wildman–Crippen MR) is 97.0 cm³/mol. The molecule has 1 aromatic carbocycles. The molecule has 0 spiro atoms. The van der Waals surface area contributed by atoms with E-state index in [-0.39, 0.29) is 6.79 Å². The highest BCUT2D eigenvalue weighted by Gasteiger charge is 2.23. The summed E-state index contributed by atoms with van der Waals surface area (Å²) in [6, 6.07) is 7.03. The molecule has 26 heavy (non-hydrogen) atoms. The summed E-state index contributed by atoms with van der Waals surface area (Å²) in [5.41, 5.74) is 1.81. The molecule has 1 unspecified atom stereocenters. The number of benzene rings is 1. The van der Waals surface area contributed by atoms with E-state index in [0.717, 1.165) is 25.7 Å². The second kappa shape index (κ2) is 6.99. The molecular formula is C19H19NO5S. The Morgan fingerprint density at radius 3 is 2.81 bits per heavy atom. The van der Waals surface area contributed by atoms with Gasteiger partial charge in [0.1, 0.15) is 4.88 Å². The molecule has 1 aliphatic heterocycles. The Hall–Kier alpha value is -2.54. The maximum atomic E-state index is 12.4. The summed E-state index contributed by atoms with van der Waals surface area (Å²) >= 11 is 1.48. The maximum absolute atomic E-state index is 12.4. The third kappa shape index (κ3) is 3.39. The molecular weight excluding hydrogens is 354 g/mol. The number of anilines is 1. The lowest BCUT2D eigenvalue weighted by atomic mass is 9.99. The topological polar surface area (TPSA) is 73.9 Å². The summed E-state index contributed by atoms with van der Waals surface area (Å²) in [7, 11) is 0. The van der Waals surface area contributed by atoms with Crippen LogP contribution < -0.4 is 14.8 Å². The molecule has 0 saturated heterocycles. The number of rotatable bonds is 4. The van der Waals surface area contributed by atoms with Crippen molar-refractivity contribution in [1.82, 2.24) is 0 Å². The van der Waals surface area contributed by atoms with E-state index in [1.165, 1.54) is 21.8 Å². The van der Waals surface area contributed by atoms with Gasteiger partial charge in [-0.3, -0.25) is 4.79 Å². The number of fused-ring (bicyclic) bond motifs is 2. The fourth-order valence-electron chi connectivity index (χ4n) is 3.08. The second-order valence-corrected chi connectivity index (χ2v) is 7.51. The fourth-order valence-corrected chi connectivity index (χ4v) is 4.22. The Bertz CT molecular complexity index is 836. The Labute approximate surface area is 155 Å². The van der Waals surface area contributed by atoms with Gasteiger partial charge in [-0.1, -0.05) is 0 Å². The first kappa shape index (κ1) is 16.9. The third-order valence-electron chi connectivity index (χ3n) is 4.49. The predicted octanol–water partition coefficient (Wildman–Crippen LogP) is 3.54. The number of nitrogens with one attached hydrogen (secondary N) is 1. The second-order valence-electron chi connectivity index (χ2n) is 6.37. The van der Waals surface area contributed by atoms with Crippen molar-refractivity contribution in [2.45, 2.75) is 38.7 Å². The molecule has 2 heterocycles. The van der Waals surface area contributed by atoms with E-state index < -0.39 is 18.0 Å². The molecule has 0 fully saturated rings. The van der Waals surface area contributed by atoms with Crippen molar-refractivity contribution in [1.29, 1.82) is 0 Å². The number of amides is 1. The zero-order valence-corrected chi connectivity index (χ0v) is 15.2. The van der Waals surface area contributed by atoms with E-state index in [1.807, 2.05) is 6.07 Å². The van der Waals surface area contributed by atoms with Crippen molar-refractivity contribution >= 4 is 28.9 Å². The molecule has 2 aromatic rings. The molecule has 0 radical (unpaired) electrons. The normalized spacial score (nSPS) is 15.9. The summed E-state index contributed by atoms with van der Waals surface area (Å²) < 4.78 is 15.9. The van der Waals surface area contributed by atoms with E-state index >= 15 is 0 Å². The molecule has 0 bridgehead atoms. The van der Waals surface area contributed by atoms with Gasteiger partial charge in [-0.15, -0.1) is 11.3 Å².